The Hall–Kier alpha value is -2.10. The second kappa shape index (κ2) is 4.82. The number of hydrogen-bond donors (Lipinski definition) is 1. The van der Waals surface area contributed by atoms with Gasteiger partial charge in [-0.05, 0) is 31.5 Å². The summed E-state index contributed by atoms with van der Waals surface area (Å²) < 4.78 is 5.58. The van der Waals surface area contributed by atoms with Gasteiger partial charge in [0.05, 0.1) is 24.1 Å². The summed E-state index contributed by atoms with van der Waals surface area (Å²) in [6.45, 7) is 4.51. The highest BCUT2D eigenvalue weighted by Gasteiger charge is 2.12. The molecule has 2 aromatic rings. The van der Waals surface area contributed by atoms with Crippen molar-refractivity contribution >= 4 is 6.29 Å². The number of nitrogens with zero attached hydrogens (tertiary/aromatic N) is 1. The van der Waals surface area contributed by atoms with Gasteiger partial charge in [-0.15, -0.1) is 0 Å². The molecule has 0 unspecified atom stereocenters. The molecule has 4 nitrogen and oxygen atoms in total. The van der Waals surface area contributed by atoms with E-state index in [1.54, 1.807) is 0 Å². The van der Waals surface area contributed by atoms with Crippen LogP contribution in [0.2, 0.25) is 0 Å². The number of aromatic nitrogens is 2. The lowest BCUT2D eigenvalue weighted by molar-refractivity contribution is 0.112. The van der Waals surface area contributed by atoms with Crippen molar-refractivity contribution in [3.05, 3.63) is 35.5 Å². The molecule has 0 aliphatic rings. The number of nitrogens with one attached hydrogen (secondary N) is 1. The maximum absolute atomic E-state index is 10.9. The maximum Gasteiger partial charge on any atom is 0.153 e. The second-order valence-electron chi connectivity index (χ2n) is 3.75. The van der Waals surface area contributed by atoms with E-state index in [4.69, 9.17) is 4.74 Å². The molecule has 2 rings (SSSR count). The summed E-state index contributed by atoms with van der Waals surface area (Å²) in [7, 11) is 0. The molecule has 0 spiro atoms. The third-order valence-corrected chi connectivity index (χ3v) is 2.50. The molecule has 4 heteroatoms. The molecule has 0 radical (unpaired) electrons. The molecule has 17 heavy (non-hydrogen) atoms. The fraction of sp³-hybridized carbons (Fsp3) is 0.231. The van der Waals surface area contributed by atoms with E-state index in [2.05, 4.69) is 10.2 Å². The molecule has 0 aliphatic carbocycles. The zero-order valence-corrected chi connectivity index (χ0v) is 9.86. The predicted molar refractivity (Wildman–Crippen MR) is 65.3 cm³/mol. The Morgan fingerprint density at radius 2 is 2.29 bits per heavy atom. The third-order valence-electron chi connectivity index (χ3n) is 2.50. The summed E-state index contributed by atoms with van der Waals surface area (Å²) in [5, 5.41) is 6.71. The second-order valence-corrected chi connectivity index (χ2v) is 3.75. The minimum absolute atomic E-state index is 0.537. The van der Waals surface area contributed by atoms with Crippen LogP contribution in [0.3, 0.4) is 0 Å². The summed E-state index contributed by atoms with van der Waals surface area (Å²) >= 11 is 0. The summed E-state index contributed by atoms with van der Waals surface area (Å²) in [4.78, 5) is 10.9. The number of carbonyl (C=O) groups is 1. The quantitative estimate of drug-likeness (QED) is 0.821. The van der Waals surface area contributed by atoms with E-state index in [1.165, 1.54) is 6.20 Å². The van der Waals surface area contributed by atoms with Gasteiger partial charge in [-0.1, -0.05) is 6.07 Å². The van der Waals surface area contributed by atoms with Gasteiger partial charge in [0.1, 0.15) is 5.75 Å². The van der Waals surface area contributed by atoms with Gasteiger partial charge in [0.25, 0.3) is 0 Å². The highest BCUT2D eigenvalue weighted by Crippen LogP contribution is 2.31. The normalized spacial score (nSPS) is 10.2. The molecule has 1 aromatic carbocycles. The zero-order valence-electron chi connectivity index (χ0n) is 9.86. The Bertz CT molecular complexity index is 532. The summed E-state index contributed by atoms with van der Waals surface area (Å²) in [6.07, 6.45) is 2.30. The molecule has 0 fully saturated rings. The van der Waals surface area contributed by atoms with Crippen molar-refractivity contribution < 1.29 is 9.53 Å². The van der Waals surface area contributed by atoms with Crippen LogP contribution in [0.4, 0.5) is 0 Å². The smallest absolute Gasteiger partial charge is 0.153 e. The van der Waals surface area contributed by atoms with E-state index >= 15 is 0 Å². The molecule has 88 valence electrons. The van der Waals surface area contributed by atoms with Gasteiger partial charge in [-0.25, -0.2) is 0 Å². The predicted octanol–water partition coefficient (Wildman–Crippen LogP) is 2.60. The molecular formula is C13H14N2O2. The summed E-state index contributed by atoms with van der Waals surface area (Å²) in [5.41, 5.74) is 3.21. The zero-order chi connectivity index (χ0) is 12.3. The van der Waals surface area contributed by atoms with Gasteiger partial charge in [0.15, 0.2) is 6.29 Å². The van der Waals surface area contributed by atoms with Crippen LogP contribution < -0.4 is 4.74 Å². The maximum atomic E-state index is 10.9. The van der Waals surface area contributed by atoms with Crippen molar-refractivity contribution in [2.75, 3.05) is 6.61 Å². The Morgan fingerprint density at radius 3 is 3.00 bits per heavy atom. The molecule has 1 N–H and O–H groups in total. The van der Waals surface area contributed by atoms with Crippen LogP contribution in [-0.4, -0.2) is 23.1 Å². The first-order valence-corrected chi connectivity index (χ1v) is 5.48. The van der Waals surface area contributed by atoms with Gasteiger partial charge >= 0.3 is 0 Å². The first-order valence-electron chi connectivity index (χ1n) is 5.48. The van der Waals surface area contributed by atoms with Gasteiger partial charge in [-0.2, -0.15) is 5.10 Å². The molecule has 1 aromatic heterocycles. The van der Waals surface area contributed by atoms with Crippen molar-refractivity contribution in [1.29, 1.82) is 0 Å². The SMILES string of the molecule is CCOc1cc(C)ccc1-c1[nH]ncc1C=O. The van der Waals surface area contributed by atoms with E-state index < -0.39 is 0 Å². The van der Waals surface area contributed by atoms with Gasteiger partial charge in [0.2, 0.25) is 0 Å². The van der Waals surface area contributed by atoms with Crippen LogP contribution in [0, 0.1) is 6.92 Å². The number of rotatable bonds is 4. The topological polar surface area (TPSA) is 55.0 Å². The van der Waals surface area contributed by atoms with Gasteiger partial charge < -0.3 is 4.74 Å². The Balaban J connectivity index is 2.54. The first kappa shape index (κ1) is 11.4. The largest absolute Gasteiger partial charge is 0.493 e. The van der Waals surface area contributed by atoms with Crippen molar-refractivity contribution in [3.63, 3.8) is 0 Å². The average Bonchev–Trinajstić information content (AvgIpc) is 2.78. The molecule has 0 aliphatic heterocycles. The number of aromatic amines is 1. The van der Waals surface area contributed by atoms with Crippen LogP contribution in [0.1, 0.15) is 22.8 Å². The minimum Gasteiger partial charge on any atom is -0.493 e. The molecule has 0 saturated carbocycles. The first-order chi connectivity index (χ1) is 8.26. The van der Waals surface area contributed by atoms with Crippen LogP contribution in [0.25, 0.3) is 11.3 Å². The molecular weight excluding hydrogens is 216 g/mol. The van der Waals surface area contributed by atoms with E-state index in [0.717, 1.165) is 23.2 Å². The highest BCUT2D eigenvalue weighted by atomic mass is 16.5. The standard InChI is InChI=1S/C13H14N2O2/c1-3-17-12-6-9(2)4-5-11(12)13-10(8-16)7-14-15-13/h4-8H,3H2,1-2H3,(H,14,15). The van der Waals surface area contributed by atoms with Crippen LogP contribution in [0.15, 0.2) is 24.4 Å². The Kier molecular flexibility index (Phi) is 3.23. The summed E-state index contributed by atoms with van der Waals surface area (Å²) in [5.74, 6) is 0.764. The van der Waals surface area contributed by atoms with Crippen LogP contribution in [0.5, 0.6) is 5.75 Å². The Labute approximate surface area is 99.6 Å². The number of hydrogen-bond acceptors (Lipinski definition) is 3. The van der Waals surface area contributed by atoms with Crippen LogP contribution in [-0.2, 0) is 0 Å². The highest BCUT2D eigenvalue weighted by molar-refractivity contribution is 5.87. The number of aryl methyl sites for hydroxylation is 1. The number of carbonyl (C=O) groups excluding carboxylic acids is 1. The van der Waals surface area contributed by atoms with Crippen molar-refractivity contribution in [3.8, 4) is 17.0 Å². The van der Waals surface area contributed by atoms with Gasteiger partial charge in [0, 0.05) is 5.56 Å². The lowest BCUT2D eigenvalue weighted by Gasteiger charge is -2.10. The number of benzene rings is 1. The van der Waals surface area contributed by atoms with E-state index in [0.29, 0.717) is 17.9 Å². The minimum atomic E-state index is 0.537. The van der Waals surface area contributed by atoms with E-state index in [-0.39, 0.29) is 0 Å². The van der Waals surface area contributed by atoms with Crippen molar-refractivity contribution in [2.24, 2.45) is 0 Å². The van der Waals surface area contributed by atoms with Crippen molar-refractivity contribution in [2.45, 2.75) is 13.8 Å². The fourth-order valence-electron chi connectivity index (χ4n) is 1.71. The number of H-pyrrole nitrogens is 1. The van der Waals surface area contributed by atoms with Gasteiger partial charge in [-0.3, -0.25) is 9.89 Å². The van der Waals surface area contributed by atoms with E-state index in [1.807, 2.05) is 32.0 Å². The average molecular weight is 230 g/mol. The van der Waals surface area contributed by atoms with Crippen LogP contribution >= 0.6 is 0 Å². The monoisotopic (exact) mass is 230 g/mol. The molecule has 1 heterocycles. The fourth-order valence-corrected chi connectivity index (χ4v) is 1.71. The van der Waals surface area contributed by atoms with Crippen molar-refractivity contribution in [1.82, 2.24) is 10.2 Å². The lowest BCUT2D eigenvalue weighted by atomic mass is 10.1. The number of aldehydes is 1. The molecule has 0 atom stereocenters. The van der Waals surface area contributed by atoms with E-state index in [9.17, 15) is 4.79 Å². The molecule has 0 bridgehead atoms. The molecule has 0 amide bonds. The third kappa shape index (κ3) is 2.20. The number of ether oxygens (including phenoxy) is 1. The summed E-state index contributed by atoms with van der Waals surface area (Å²) in [6, 6.07) is 5.86. The lowest BCUT2D eigenvalue weighted by Crippen LogP contribution is -1.96. The Morgan fingerprint density at radius 1 is 1.47 bits per heavy atom. The molecule has 0 saturated heterocycles.